The summed E-state index contributed by atoms with van der Waals surface area (Å²) in [6.45, 7) is 2.90. The largest absolute Gasteiger partial charge is 0.382 e. The lowest BCUT2D eigenvalue weighted by Gasteiger charge is -2.06. The van der Waals surface area contributed by atoms with Gasteiger partial charge in [0.1, 0.15) is 0 Å². The lowest BCUT2D eigenvalue weighted by Crippen LogP contribution is -2.36. The Morgan fingerprint density at radius 3 is 2.80 bits per heavy atom. The smallest absolute Gasteiger partial charge is 0.234 e. The van der Waals surface area contributed by atoms with Crippen LogP contribution in [0.4, 0.5) is 0 Å². The van der Waals surface area contributed by atoms with Crippen molar-refractivity contribution in [2.45, 2.75) is 18.9 Å². The third-order valence-corrected chi connectivity index (χ3v) is 2.08. The van der Waals surface area contributed by atoms with Crippen LogP contribution in [0, 0.1) is 0 Å². The standard InChI is InChI=1S/C10H20N2O3/c1-14-6-7-15-5-4-11-8-10(13)12-9-2-3-9/h9,11H,2-8H2,1H3,(H,12,13). The first-order chi connectivity index (χ1) is 7.33. The maximum Gasteiger partial charge on any atom is 0.234 e. The normalized spacial score (nSPS) is 15.3. The number of hydrogen-bond donors (Lipinski definition) is 2. The number of methoxy groups -OCH3 is 1. The van der Waals surface area contributed by atoms with E-state index in [0.29, 0.717) is 39.0 Å². The minimum absolute atomic E-state index is 0.0781. The van der Waals surface area contributed by atoms with E-state index in [0.717, 1.165) is 12.8 Å². The Labute approximate surface area is 90.5 Å². The molecule has 1 saturated carbocycles. The van der Waals surface area contributed by atoms with E-state index in [1.165, 1.54) is 0 Å². The molecule has 1 fully saturated rings. The van der Waals surface area contributed by atoms with Crippen molar-refractivity contribution in [1.82, 2.24) is 10.6 Å². The van der Waals surface area contributed by atoms with Crippen LogP contribution < -0.4 is 10.6 Å². The molecule has 5 heteroatoms. The molecule has 2 N–H and O–H groups in total. The van der Waals surface area contributed by atoms with Gasteiger partial charge in [0.15, 0.2) is 0 Å². The molecule has 1 amide bonds. The minimum Gasteiger partial charge on any atom is -0.382 e. The predicted octanol–water partition coefficient (Wildman–Crippen LogP) is -0.482. The average molecular weight is 216 g/mol. The molecule has 0 aromatic rings. The van der Waals surface area contributed by atoms with Crippen LogP contribution in [-0.4, -0.2) is 52.0 Å². The van der Waals surface area contributed by atoms with Crippen LogP contribution in [0.5, 0.6) is 0 Å². The number of nitrogens with one attached hydrogen (secondary N) is 2. The van der Waals surface area contributed by atoms with Crippen molar-refractivity contribution < 1.29 is 14.3 Å². The number of carbonyl (C=O) groups is 1. The fraction of sp³-hybridized carbons (Fsp3) is 0.900. The Morgan fingerprint density at radius 2 is 2.13 bits per heavy atom. The van der Waals surface area contributed by atoms with Gasteiger partial charge in [0.25, 0.3) is 0 Å². The van der Waals surface area contributed by atoms with Crippen molar-refractivity contribution in [2.24, 2.45) is 0 Å². The Kier molecular flexibility index (Phi) is 6.31. The summed E-state index contributed by atoms with van der Waals surface area (Å²) in [6.07, 6.45) is 2.26. The van der Waals surface area contributed by atoms with Crippen LogP contribution in [0.15, 0.2) is 0 Å². The van der Waals surface area contributed by atoms with Gasteiger partial charge in [-0.05, 0) is 12.8 Å². The molecule has 0 spiro atoms. The van der Waals surface area contributed by atoms with Gasteiger partial charge >= 0.3 is 0 Å². The zero-order valence-corrected chi connectivity index (χ0v) is 9.25. The van der Waals surface area contributed by atoms with E-state index in [2.05, 4.69) is 10.6 Å². The molecule has 5 nitrogen and oxygen atoms in total. The summed E-state index contributed by atoms with van der Waals surface area (Å²) in [6, 6.07) is 0.442. The molecular formula is C10H20N2O3. The number of carbonyl (C=O) groups excluding carboxylic acids is 1. The van der Waals surface area contributed by atoms with Crippen LogP contribution >= 0.6 is 0 Å². The summed E-state index contributed by atoms with van der Waals surface area (Å²) in [5.74, 6) is 0.0781. The van der Waals surface area contributed by atoms with E-state index < -0.39 is 0 Å². The fourth-order valence-electron chi connectivity index (χ4n) is 1.10. The van der Waals surface area contributed by atoms with Crippen LogP contribution in [0.25, 0.3) is 0 Å². The quantitative estimate of drug-likeness (QED) is 0.511. The van der Waals surface area contributed by atoms with Crippen LogP contribution in [0.2, 0.25) is 0 Å². The first-order valence-electron chi connectivity index (χ1n) is 5.39. The summed E-state index contributed by atoms with van der Waals surface area (Å²) in [7, 11) is 1.64. The summed E-state index contributed by atoms with van der Waals surface area (Å²) in [5, 5.41) is 5.92. The summed E-state index contributed by atoms with van der Waals surface area (Å²) >= 11 is 0. The van der Waals surface area contributed by atoms with Gasteiger partial charge in [-0.25, -0.2) is 0 Å². The fourth-order valence-corrected chi connectivity index (χ4v) is 1.10. The molecule has 0 heterocycles. The van der Waals surface area contributed by atoms with E-state index in [-0.39, 0.29) is 5.91 Å². The van der Waals surface area contributed by atoms with Crippen LogP contribution in [0.3, 0.4) is 0 Å². The second-order valence-corrected chi connectivity index (χ2v) is 3.62. The summed E-state index contributed by atoms with van der Waals surface area (Å²) in [5.41, 5.74) is 0. The summed E-state index contributed by atoms with van der Waals surface area (Å²) < 4.78 is 10.1. The maximum atomic E-state index is 11.2. The van der Waals surface area contributed by atoms with Crippen LogP contribution in [-0.2, 0) is 14.3 Å². The third kappa shape index (κ3) is 7.30. The molecular weight excluding hydrogens is 196 g/mol. The SMILES string of the molecule is COCCOCCNCC(=O)NC1CC1. The third-order valence-electron chi connectivity index (χ3n) is 2.08. The predicted molar refractivity (Wildman–Crippen MR) is 56.7 cm³/mol. The average Bonchev–Trinajstić information content (AvgIpc) is 3.00. The second kappa shape index (κ2) is 7.62. The highest BCUT2D eigenvalue weighted by molar-refractivity contribution is 5.78. The van der Waals surface area contributed by atoms with Crippen molar-refractivity contribution in [3.8, 4) is 0 Å². The van der Waals surface area contributed by atoms with Gasteiger partial charge in [0, 0.05) is 19.7 Å². The van der Waals surface area contributed by atoms with Crippen molar-refractivity contribution in [3.63, 3.8) is 0 Å². The van der Waals surface area contributed by atoms with Gasteiger partial charge < -0.3 is 20.1 Å². The first-order valence-corrected chi connectivity index (χ1v) is 5.39. The molecule has 1 aliphatic carbocycles. The van der Waals surface area contributed by atoms with E-state index in [9.17, 15) is 4.79 Å². The van der Waals surface area contributed by atoms with Crippen LogP contribution in [0.1, 0.15) is 12.8 Å². The topological polar surface area (TPSA) is 59.6 Å². The molecule has 0 saturated heterocycles. The zero-order chi connectivity index (χ0) is 10.9. The minimum atomic E-state index is 0.0781. The van der Waals surface area contributed by atoms with Gasteiger partial charge in [-0.2, -0.15) is 0 Å². The Balaban J connectivity index is 1.77. The van der Waals surface area contributed by atoms with Gasteiger partial charge in [-0.15, -0.1) is 0 Å². The van der Waals surface area contributed by atoms with Gasteiger partial charge in [0.05, 0.1) is 26.4 Å². The molecule has 1 rings (SSSR count). The van der Waals surface area contributed by atoms with Gasteiger partial charge in [-0.3, -0.25) is 4.79 Å². The van der Waals surface area contributed by atoms with E-state index in [4.69, 9.17) is 9.47 Å². The highest BCUT2D eigenvalue weighted by atomic mass is 16.5. The van der Waals surface area contributed by atoms with Gasteiger partial charge in [-0.1, -0.05) is 0 Å². The molecule has 0 aliphatic heterocycles. The molecule has 0 aromatic carbocycles. The molecule has 88 valence electrons. The van der Waals surface area contributed by atoms with Crippen molar-refractivity contribution in [1.29, 1.82) is 0 Å². The summed E-state index contributed by atoms with van der Waals surface area (Å²) in [4.78, 5) is 11.2. The van der Waals surface area contributed by atoms with E-state index >= 15 is 0 Å². The first kappa shape index (κ1) is 12.4. The molecule has 15 heavy (non-hydrogen) atoms. The van der Waals surface area contributed by atoms with Crippen molar-refractivity contribution in [2.75, 3.05) is 40.0 Å². The maximum absolute atomic E-state index is 11.2. The lowest BCUT2D eigenvalue weighted by molar-refractivity contribution is -0.120. The molecule has 1 aliphatic rings. The molecule has 0 atom stereocenters. The second-order valence-electron chi connectivity index (χ2n) is 3.62. The number of rotatable bonds is 9. The molecule has 0 bridgehead atoms. The monoisotopic (exact) mass is 216 g/mol. The van der Waals surface area contributed by atoms with Gasteiger partial charge in [0.2, 0.25) is 5.91 Å². The highest BCUT2D eigenvalue weighted by Gasteiger charge is 2.22. The number of hydrogen-bond acceptors (Lipinski definition) is 4. The van der Waals surface area contributed by atoms with E-state index in [1.54, 1.807) is 7.11 Å². The molecule has 0 unspecified atom stereocenters. The Hall–Kier alpha value is -0.650. The molecule has 0 radical (unpaired) electrons. The van der Waals surface area contributed by atoms with E-state index in [1.807, 2.05) is 0 Å². The number of ether oxygens (including phenoxy) is 2. The highest BCUT2D eigenvalue weighted by Crippen LogP contribution is 2.17. The Bertz CT molecular complexity index is 184. The Morgan fingerprint density at radius 1 is 1.33 bits per heavy atom. The van der Waals surface area contributed by atoms with Crippen molar-refractivity contribution in [3.05, 3.63) is 0 Å². The lowest BCUT2D eigenvalue weighted by atomic mass is 10.5. The number of amides is 1. The zero-order valence-electron chi connectivity index (χ0n) is 9.25. The van der Waals surface area contributed by atoms with Crippen molar-refractivity contribution >= 4 is 5.91 Å². The molecule has 0 aromatic heterocycles.